The van der Waals surface area contributed by atoms with E-state index in [0.717, 1.165) is 0 Å². The van der Waals surface area contributed by atoms with E-state index >= 15 is 0 Å². The number of hydrogen-bond acceptors (Lipinski definition) is 3. The van der Waals surface area contributed by atoms with E-state index < -0.39 is 12.0 Å². The molecule has 19 heavy (non-hydrogen) atoms. The number of nitrogens with zero attached hydrogens (tertiary/aromatic N) is 2. The van der Waals surface area contributed by atoms with Crippen LogP contribution < -0.4 is 0 Å². The van der Waals surface area contributed by atoms with Crippen LogP contribution in [0.1, 0.15) is 13.8 Å². The molecule has 1 heterocycles. The largest absolute Gasteiger partial charge is 0.480 e. The minimum atomic E-state index is -1.01. The molecule has 0 unspecified atom stereocenters. The molecule has 1 saturated heterocycles. The molecule has 106 valence electrons. The summed E-state index contributed by atoms with van der Waals surface area (Å²) >= 11 is 0. The van der Waals surface area contributed by atoms with Gasteiger partial charge < -0.3 is 14.9 Å². The van der Waals surface area contributed by atoms with E-state index in [0.29, 0.717) is 13.1 Å². The number of carbonyl (C=O) groups is 3. The lowest BCUT2D eigenvalue weighted by Gasteiger charge is -2.40. The quantitative estimate of drug-likeness (QED) is 0.722. The third kappa shape index (κ3) is 3.13. The Bertz CT molecular complexity index is 399. The molecule has 0 aliphatic carbocycles. The molecular formula is C13H20N2O4. The van der Waals surface area contributed by atoms with Crippen molar-refractivity contribution < 1.29 is 19.5 Å². The smallest absolute Gasteiger partial charge is 0.326 e. The maximum atomic E-state index is 12.1. The Balaban J connectivity index is 2.62. The van der Waals surface area contributed by atoms with Crippen molar-refractivity contribution in [3.63, 3.8) is 0 Å². The first-order valence-electron chi connectivity index (χ1n) is 6.20. The molecule has 0 aromatic rings. The molecule has 6 heteroatoms. The van der Waals surface area contributed by atoms with Crippen molar-refractivity contribution in [3.8, 4) is 0 Å². The van der Waals surface area contributed by atoms with Gasteiger partial charge in [0.05, 0.1) is 5.92 Å². The van der Waals surface area contributed by atoms with Crippen molar-refractivity contribution in [2.24, 2.45) is 11.8 Å². The zero-order chi connectivity index (χ0) is 14.7. The Labute approximate surface area is 112 Å². The molecular weight excluding hydrogens is 248 g/mol. The van der Waals surface area contributed by atoms with Crippen LogP contribution in [0.15, 0.2) is 12.7 Å². The monoisotopic (exact) mass is 268 g/mol. The highest BCUT2D eigenvalue weighted by Crippen LogP contribution is 2.21. The highest BCUT2D eigenvalue weighted by atomic mass is 16.4. The maximum Gasteiger partial charge on any atom is 0.326 e. The topological polar surface area (TPSA) is 77.9 Å². The first-order valence-corrected chi connectivity index (χ1v) is 6.20. The highest BCUT2D eigenvalue weighted by Gasteiger charge is 2.39. The second kappa shape index (κ2) is 5.86. The fourth-order valence-electron chi connectivity index (χ4n) is 2.27. The van der Waals surface area contributed by atoms with E-state index in [9.17, 15) is 14.4 Å². The average Bonchev–Trinajstić information content (AvgIpc) is 2.25. The van der Waals surface area contributed by atoms with Crippen LogP contribution in [0.5, 0.6) is 0 Å². The van der Waals surface area contributed by atoms with E-state index in [1.165, 1.54) is 22.9 Å². The Morgan fingerprint density at radius 1 is 1.37 bits per heavy atom. The maximum absolute atomic E-state index is 12.1. The van der Waals surface area contributed by atoms with Crippen molar-refractivity contribution in [1.29, 1.82) is 0 Å². The number of carboxylic acid groups (broad SMARTS) is 1. The van der Waals surface area contributed by atoms with Gasteiger partial charge in [-0.3, -0.25) is 9.59 Å². The summed E-state index contributed by atoms with van der Waals surface area (Å²) in [6.45, 7) is 7.56. The van der Waals surface area contributed by atoms with Gasteiger partial charge in [-0.1, -0.05) is 20.4 Å². The first-order chi connectivity index (χ1) is 8.79. The normalized spacial score (nSPS) is 16.7. The number of carbonyl (C=O) groups excluding carboxylic acids is 2. The van der Waals surface area contributed by atoms with Gasteiger partial charge in [0.1, 0.15) is 6.04 Å². The number of hydrogen-bond donors (Lipinski definition) is 1. The van der Waals surface area contributed by atoms with Crippen LogP contribution in [-0.2, 0) is 14.4 Å². The van der Waals surface area contributed by atoms with Gasteiger partial charge in [0.15, 0.2) is 0 Å². The Morgan fingerprint density at radius 3 is 2.26 bits per heavy atom. The fraction of sp³-hybridized carbons (Fsp3) is 0.615. The summed E-state index contributed by atoms with van der Waals surface area (Å²) in [7, 11) is 1.50. The van der Waals surface area contributed by atoms with Crippen molar-refractivity contribution in [3.05, 3.63) is 12.7 Å². The summed E-state index contributed by atoms with van der Waals surface area (Å²) < 4.78 is 0. The van der Waals surface area contributed by atoms with Crippen LogP contribution in [0.3, 0.4) is 0 Å². The average molecular weight is 268 g/mol. The van der Waals surface area contributed by atoms with Gasteiger partial charge in [0.2, 0.25) is 11.8 Å². The predicted octanol–water partition coefficient (Wildman–Crippen LogP) is 0.198. The molecule has 1 atom stereocenters. The van der Waals surface area contributed by atoms with Gasteiger partial charge in [0.25, 0.3) is 0 Å². The van der Waals surface area contributed by atoms with Gasteiger partial charge in [-0.25, -0.2) is 4.79 Å². The van der Waals surface area contributed by atoms with Crippen molar-refractivity contribution in [1.82, 2.24) is 9.80 Å². The third-order valence-corrected chi connectivity index (χ3v) is 3.37. The number of carboxylic acids is 1. The Morgan fingerprint density at radius 2 is 1.89 bits per heavy atom. The molecule has 2 amide bonds. The molecule has 0 aromatic heterocycles. The van der Waals surface area contributed by atoms with Crippen LogP contribution in [0.4, 0.5) is 0 Å². The standard InChI is InChI=1S/C13H20N2O4/c1-5-10(16)15-6-9(7-15)12(17)14(4)11(8(2)3)13(18)19/h5,8-9,11H,1,6-7H2,2-4H3,(H,18,19)/t11-/m1/s1. The molecule has 0 saturated carbocycles. The molecule has 1 fully saturated rings. The lowest BCUT2D eigenvalue weighted by Crippen LogP contribution is -2.58. The Kier molecular flexibility index (Phi) is 4.69. The third-order valence-electron chi connectivity index (χ3n) is 3.37. The minimum absolute atomic E-state index is 0.169. The summed E-state index contributed by atoms with van der Waals surface area (Å²) in [6, 6.07) is -0.836. The molecule has 0 radical (unpaired) electrons. The van der Waals surface area contributed by atoms with Gasteiger partial charge in [-0.2, -0.15) is 0 Å². The van der Waals surface area contributed by atoms with Crippen molar-refractivity contribution in [2.75, 3.05) is 20.1 Å². The molecule has 6 nitrogen and oxygen atoms in total. The van der Waals surface area contributed by atoms with E-state index in [-0.39, 0.29) is 23.7 Å². The summed E-state index contributed by atoms with van der Waals surface area (Å²) in [6.07, 6.45) is 1.21. The van der Waals surface area contributed by atoms with E-state index in [1.54, 1.807) is 13.8 Å². The van der Waals surface area contributed by atoms with E-state index in [4.69, 9.17) is 5.11 Å². The van der Waals surface area contributed by atoms with Crippen LogP contribution in [0.25, 0.3) is 0 Å². The fourth-order valence-corrected chi connectivity index (χ4v) is 2.27. The molecule has 0 spiro atoms. The lowest BCUT2D eigenvalue weighted by atomic mass is 9.95. The lowest BCUT2D eigenvalue weighted by molar-refractivity contribution is -0.156. The van der Waals surface area contributed by atoms with Crippen LogP contribution in [0, 0.1) is 11.8 Å². The van der Waals surface area contributed by atoms with Crippen LogP contribution in [0.2, 0.25) is 0 Å². The van der Waals surface area contributed by atoms with Crippen molar-refractivity contribution >= 4 is 17.8 Å². The second-order valence-corrected chi connectivity index (χ2v) is 5.12. The Hall–Kier alpha value is -1.85. The van der Waals surface area contributed by atoms with Crippen LogP contribution >= 0.6 is 0 Å². The molecule has 1 aliphatic heterocycles. The highest BCUT2D eigenvalue weighted by molar-refractivity contribution is 5.91. The predicted molar refractivity (Wildman–Crippen MR) is 69.3 cm³/mol. The molecule has 0 bridgehead atoms. The number of amides is 2. The SMILES string of the molecule is C=CC(=O)N1CC(C(=O)N(C)[C@@H](C(=O)O)C(C)C)C1. The van der Waals surface area contributed by atoms with Gasteiger partial charge >= 0.3 is 5.97 Å². The summed E-state index contributed by atoms with van der Waals surface area (Å²) in [4.78, 5) is 37.3. The zero-order valence-corrected chi connectivity index (χ0v) is 11.5. The number of likely N-dealkylation sites (tertiary alicyclic amines) is 1. The zero-order valence-electron chi connectivity index (χ0n) is 11.5. The summed E-state index contributed by atoms with van der Waals surface area (Å²) in [5.74, 6) is -1.92. The summed E-state index contributed by atoms with van der Waals surface area (Å²) in [5, 5.41) is 9.14. The molecule has 1 N–H and O–H groups in total. The van der Waals surface area contributed by atoms with Crippen molar-refractivity contribution in [2.45, 2.75) is 19.9 Å². The van der Waals surface area contributed by atoms with Gasteiger partial charge in [-0.15, -0.1) is 0 Å². The first kappa shape index (κ1) is 15.2. The summed E-state index contributed by atoms with van der Waals surface area (Å²) in [5.41, 5.74) is 0. The minimum Gasteiger partial charge on any atom is -0.480 e. The molecule has 0 aromatic carbocycles. The molecule has 1 rings (SSSR count). The van der Waals surface area contributed by atoms with Gasteiger partial charge in [-0.05, 0) is 12.0 Å². The number of likely N-dealkylation sites (N-methyl/N-ethyl adjacent to an activating group) is 1. The number of rotatable bonds is 5. The van der Waals surface area contributed by atoms with Crippen LogP contribution in [-0.4, -0.2) is 58.9 Å². The second-order valence-electron chi connectivity index (χ2n) is 5.12. The van der Waals surface area contributed by atoms with E-state index in [2.05, 4.69) is 6.58 Å². The van der Waals surface area contributed by atoms with Gasteiger partial charge in [0, 0.05) is 20.1 Å². The molecule has 1 aliphatic rings. The van der Waals surface area contributed by atoms with E-state index in [1.807, 2.05) is 0 Å². The number of aliphatic carboxylic acids is 1.